The summed E-state index contributed by atoms with van der Waals surface area (Å²) in [7, 11) is 0. The summed E-state index contributed by atoms with van der Waals surface area (Å²) in [4.78, 5) is 4.62. The number of aromatic nitrogens is 3. The second-order valence-corrected chi connectivity index (χ2v) is 16.8. The number of nitriles is 1. The van der Waals surface area contributed by atoms with Crippen molar-refractivity contribution >= 4 is 86.7 Å². The molecule has 64 heavy (non-hydrogen) atoms. The lowest BCUT2D eigenvalue weighted by Crippen LogP contribution is -2.10. The Hall–Kier alpha value is -8.78. The maximum absolute atomic E-state index is 12.3. The third-order valence-corrected chi connectivity index (χ3v) is 13.7. The van der Waals surface area contributed by atoms with Crippen LogP contribution >= 0.6 is 0 Å². The first-order valence-corrected chi connectivity index (χ1v) is 21.8. The van der Waals surface area contributed by atoms with Gasteiger partial charge in [0.1, 0.15) is 11.6 Å². The van der Waals surface area contributed by atoms with E-state index in [0.29, 0.717) is 5.56 Å². The standard InChI is InChI=1S/C60H34N4/c61-34-46-59(63-48-28-12-24-42-39-22-10-11-23-40(39)43-25-13-29-49(63)56(43)55(42)48)53(37-18-6-2-7-19-37)52(36-16-4-1-5-17-36)54(38-20-8-3-9-21-38)60(46)64-50-30-14-26-44-41-32-33-62-35-47(41)45-27-15-31-51(64)58(45)57(44)50/h1-33,35H. The van der Waals surface area contributed by atoms with Crippen LogP contribution in [0.1, 0.15) is 5.56 Å². The SMILES string of the molecule is N#Cc1c(-n2c3cccc4c5ccccc5c5cccc2c5c43)c(-c2ccccc2)c(-c2ccccc2)c(-c2ccccc2)c1-n1c2cccc3c4ccncc4c4cccc1c4c32. The fourth-order valence-electron chi connectivity index (χ4n) is 11.3. The number of hydrogen-bond donors (Lipinski definition) is 0. The average molecular weight is 811 g/mol. The van der Waals surface area contributed by atoms with Crippen LogP contribution in [0.25, 0.3) is 131 Å². The summed E-state index contributed by atoms with van der Waals surface area (Å²) in [6.07, 6.45) is 3.88. The minimum atomic E-state index is 0.594. The van der Waals surface area contributed by atoms with Gasteiger partial charge in [-0.25, -0.2) is 0 Å². The Morgan fingerprint density at radius 2 is 0.672 bits per heavy atom. The van der Waals surface area contributed by atoms with Crippen LogP contribution in [0.5, 0.6) is 0 Å². The molecule has 0 aliphatic rings. The molecule has 14 rings (SSSR count). The Bertz CT molecular complexity index is 3810. The number of benzene rings is 11. The van der Waals surface area contributed by atoms with E-state index in [1.54, 1.807) is 0 Å². The smallest absolute Gasteiger partial charge is 0.104 e. The van der Waals surface area contributed by atoms with E-state index in [4.69, 9.17) is 0 Å². The van der Waals surface area contributed by atoms with Gasteiger partial charge in [-0.05, 0) is 84.7 Å². The topological polar surface area (TPSA) is 46.5 Å². The molecule has 0 radical (unpaired) electrons. The number of hydrogen-bond acceptors (Lipinski definition) is 2. The van der Waals surface area contributed by atoms with Gasteiger partial charge in [-0.3, -0.25) is 4.98 Å². The van der Waals surface area contributed by atoms with Crippen molar-refractivity contribution in [3.63, 3.8) is 0 Å². The summed E-state index contributed by atoms with van der Waals surface area (Å²) in [6.45, 7) is 0. The highest BCUT2D eigenvalue weighted by Gasteiger charge is 2.33. The normalized spacial score (nSPS) is 12.0. The molecule has 0 aliphatic carbocycles. The Morgan fingerprint density at radius 3 is 1.08 bits per heavy atom. The molecule has 0 unspecified atom stereocenters. The van der Waals surface area contributed by atoms with Crippen molar-refractivity contribution in [1.29, 1.82) is 5.26 Å². The van der Waals surface area contributed by atoms with Gasteiger partial charge < -0.3 is 9.13 Å². The summed E-state index contributed by atoms with van der Waals surface area (Å²) in [5, 5.41) is 26.5. The molecule has 0 saturated carbocycles. The molecule has 0 amide bonds. The van der Waals surface area contributed by atoms with Crippen molar-refractivity contribution < 1.29 is 0 Å². The van der Waals surface area contributed by atoms with Crippen molar-refractivity contribution in [3.8, 4) is 50.8 Å². The monoisotopic (exact) mass is 810 g/mol. The molecule has 11 aromatic carbocycles. The lowest BCUT2D eigenvalue weighted by atomic mass is 9.82. The fraction of sp³-hybridized carbons (Fsp3) is 0. The quantitative estimate of drug-likeness (QED) is 0.163. The number of rotatable bonds is 5. The zero-order valence-electron chi connectivity index (χ0n) is 34.4. The van der Waals surface area contributed by atoms with Crippen LogP contribution < -0.4 is 0 Å². The summed E-state index contributed by atoms with van der Waals surface area (Å²) < 4.78 is 4.82. The molecular weight excluding hydrogens is 777 g/mol. The van der Waals surface area contributed by atoms with Crippen LogP contribution in [0, 0.1) is 11.3 Å². The van der Waals surface area contributed by atoms with Crippen LogP contribution in [0.3, 0.4) is 0 Å². The third-order valence-electron chi connectivity index (χ3n) is 13.7. The Balaban J connectivity index is 1.30. The molecule has 0 aliphatic heterocycles. The first-order valence-electron chi connectivity index (χ1n) is 21.8. The molecular formula is C60H34N4. The highest BCUT2D eigenvalue weighted by molar-refractivity contribution is 6.36. The molecule has 0 N–H and O–H groups in total. The molecule has 294 valence electrons. The molecule has 14 aromatic rings. The van der Waals surface area contributed by atoms with E-state index in [1.165, 1.54) is 48.5 Å². The maximum Gasteiger partial charge on any atom is 0.104 e. The predicted molar refractivity (Wildman–Crippen MR) is 266 cm³/mol. The summed E-state index contributed by atoms with van der Waals surface area (Å²) in [6, 6.07) is 72.6. The fourth-order valence-corrected chi connectivity index (χ4v) is 11.3. The van der Waals surface area contributed by atoms with E-state index < -0.39 is 0 Å². The van der Waals surface area contributed by atoms with E-state index in [9.17, 15) is 5.26 Å². The van der Waals surface area contributed by atoms with Gasteiger partial charge >= 0.3 is 0 Å². The van der Waals surface area contributed by atoms with Crippen LogP contribution in [0.15, 0.2) is 207 Å². The minimum absolute atomic E-state index is 0.594. The van der Waals surface area contributed by atoms with Crippen molar-refractivity contribution in [1.82, 2.24) is 14.1 Å². The molecule has 0 atom stereocenters. The largest absolute Gasteiger partial charge is 0.307 e. The Kier molecular flexibility index (Phi) is 7.15. The van der Waals surface area contributed by atoms with E-state index in [1.807, 2.05) is 12.4 Å². The summed E-state index contributed by atoms with van der Waals surface area (Å²) in [5.74, 6) is 0. The van der Waals surface area contributed by atoms with Gasteiger partial charge in [0.2, 0.25) is 0 Å². The van der Waals surface area contributed by atoms with Gasteiger partial charge in [-0.2, -0.15) is 5.26 Å². The number of fused-ring (bicyclic) bond motifs is 6. The average Bonchev–Trinajstić information content (AvgIpc) is 3.89. The van der Waals surface area contributed by atoms with E-state index in [0.717, 1.165) is 83.0 Å². The van der Waals surface area contributed by atoms with Gasteiger partial charge in [0.25, 0.3) is 0 Å². The molecule has 0 saturated heterocycles. The molecule has 3 aromatic heterocycles. The van der Waals surface area contributed by atoms with Gasteiger partial charge in [-0.1, -0.05) is 164 Å². The van der Waals surface area contributed by atoms with Gasteiger partial charge in [0, 0.05) is 56.0 Å². The van der Waals surface area contributed by atoms with Crippen LogP contribution in [0.2, 0.25) is 0 Å². The summed E-state index contributed by atoms with van der Waals surface area (Å²) >= 11 is 0. The number of pyridine rings is 1. The second kappa shape index (κ2) is 13.1. The Morgan fingerprint density at radius 1 is 0.328 bits per heavy atom. The molecule has 0 fully saturated rings. The van der Waals surface area contributed by atoms with Gasteiger partial charge in [-0.15, -0.1) is 0 Å². The van der Waals surface area contributed by atoms with Gasteiger partial charge in [0.05, 0.1) is 33.4 Å². The van der Waals surface area contributed by atoms with Gasteiger partial charge in [0.15, 0.2) is 0 Å². The Labute approximate surface area is 367 Å². The summed E-state index contributed by atoms with van der Waals surface area (Å²) in [5.41, 5.74) is 12.7. The molecule has 4 nitrogen and oxygen atoms in total. The molecule has 0 bridgehead atoms. The van der Waals surface area contributed by atoms with Crippen LogP contribution in [0.4, 0.5) is 0 Å². The third kappa shape index (κ3) is 4.52. The van der Waals surface area contributed by atoms with Crippen molar-refractivity contribution in [2.75, 3.05) is 0 Å². The molecule has 3 heterocycles. The predicted octanol–water partition coefficient (Wildman–Crippen LogP) is 15.6. The molecule has 0 spiro atoms. The van der Waals surface area contributed by atoms with E-state index in [-0.39, 0.29) is 0 Å². The van der Waals surface area contributed by atoms with E-state index in [2.05, 4.69) is 214 Å². The first kappa shape index (κ1) is 34.9. The lowest BCUT2D eigenvalue weighted by molar-refractivity contribution is 1.12. The van der Waals surface area contributed by atoms with Crippen LogP contribution in [-0.2, 0) is 0 Å². The van der Waals surface area contributed by atoms with Crippen molar-refractivity contribution in [2.45, 2.75) is 0 Å². The lowest BCUT2D eigenvalue weighted by Gasteiger charge is -2.27. The number of nitrogens with zero attached hydrogens (tertiary/aromatic N) is 4. The minimum Gasteiger partial charge on any atom is -0.307 e. The highest BCUT2D eigenvalue weighted by Crippen LogP contribution is 2.54. The zero-order valence-corrected chi connectivity index (χ0v) is 34.4. The van der Waals surface area contributed by atoms with Crippen LogP contribution in [-0.4, -0.2) is 14.1 Å². The second-order valence-electron chi connectivity index (χ2n) is 16.8. The van der Waals surface area contributed by atoms with Crippen molar-refractivity contribution in [3.05, 3.63) is 212 Å². The highest BCUT2D eigenvalue weighted by atomic mass is 15.0. The molecule has 4 heteroatoms. The van der Waals surface area contributed by atoms with Crippen molar-refractivity contribution in [2.24, 2.45) is 0 Å². The first-order chi connectivity index (χ1) is 31.8. The zero-order chi connectivity index (χ0) is 42.0. The maximum atomic E-state index is 12.3. The van der Waals surface area contributed by atoms with E-state index >= 15 is 0 Å².